The van der Waals surface area contributed by atoms with Crippen LogP contribution in [0.2, 0.25) is 0 Å². The molecule has 0 spiro atoms. The molecule has 0 radical (unpaired) electrons. The molecule has 3 rings (SSSR count). The predicted octanol–water partition coefficient (Wildman–Crippen LogP) is 5.10. The van der Waals surface area contributed by atoms with Crippen LogP contribution in [0.15, 0.2) is 97.7 Å². The Labute approximate surface area is 146 Å². The average Bonchev–Trinajstić information content (AvgIpc) is 2.70. The van der Waals surface area contributed by atoms with Gasteiger partial charge in [-0.1, -0.05) is 72.8 Å². The fourth-order valence-electron chi connectivity index (χ4n) is 2.98. The lowest BCUT2D eigenvalue weighted by atomic mass is 9.76. The average molecular weight is 331 g/mol. The van der Waals surface area contributed by atoms with Gasteiger partial charge < -0.3 is 0 Å². The lowest BCUT2D eigenvalue weighted by Gasteiger charge is -2.30. The lowest BCUT2D eigenvalue weighted by Crippen LogP contribution is -2.38. The molecule has 0 aliphatic carbocycles. The largest absolute Gasteiger partial charge is 0.290 e. The SMILES string of the molecule is C=C[C@@H](c1ccccc1)[C@](F)(C(=O)c1ccccc1)c1ccccn1. The summed E-state index contributed by atoms with van der Waals surface area (Å²) in [4.78, 5) is 17.3. The zero-order chi connectivity index (χ0) is 17.7. The monoisotopic (exact) mass is 331 g/mol. The summed E-state index contributed by atoms with van der Waals surface area (Å²) < 4.78 is 16.5. The van der Waals surface area contributed by atoms with Crippen LogP contribution in [0.1, 0.15) is 27.5 Å². The maximum atomic E-state index is 16.5. The Balaban J connectivity index is 2.19. The van der Waals surface area contributed by atoms with Crippen LogP contribution in [0, 0.1) is 0 Å². The Morgan fingerprint density at radius 1 is 0.960 bits per heavy atom. The Kier molecular flexibility index (Phi) is 4.85. The van der Waals surface area contributed by atoms with Crippen LogP contribution in [0.25, 0.3) is 0 Å². The third kappa shape index (κ3) is 3.13. The Bertz CT molecular complexity index is 849. The molecule has 1 aromatic heterocycles. The van der Waals surface area contributed by atoms with Crippen LogP contribution in [0.3, 0.4) is 0 Å². The molecular weight excluding hydrogens is 313 g/mol. The van der Waals surface area contributed by atoms with Crippen molar-refractivity contribution in [2.45, 2.75) is 11.6 Å². The summed E-state index contributed by atoms with van der Waals surface area (Å²) in [6.45, 7) is 3.79. The smallest absolute Gasteiger partial charge is 0.225 e. The molecule has 0 aliphatic rings. The van der Waals surface area contributed by atoms with Crippen molar-refractivity contribution in [2.75, 3.05) is 0 Å². The molecule has 2 aromatic carbocycles. The highest BCUT2D eigenvalue weighted by molar-refractivity contribution is 6.03. The number of hydrogen-bond acceptors (Lipinski definition) is 2. The number of allylic oxidation sites excluding steroid dienone is 1. The van der Waals surface area contributed by atoms with Gasteiger partial charge in [0, 0.05) is 17.7 Å². The summed E-state index contributed by atoms with van der Waals surface area (Å²) in [5.74, 6) is -1.48. The highest BCUT2D eigenvalue weighted by atomic mass is 19.1. The van der Waals surface area contributed by atoms with Crippen molar-refractivity contribution < 1.29 is 9.18 Å². The van der Waals surface area contributed by atoms with Crippen molar-refractivity contribution in [2.24, 2.45) is 0 Å². The van der Waals surface area contributed by atoms with Crippen LogP contribution >= 0.6 is 0 Å². The number of carbonyl (C=O) groups excluding carboxylic acids is 1. The maximum Gasteiger partial charge on any atom is 0.225 e. The first kappa shape index (κ1) is 16.8. The Morgan fingerprint density at radius 2 is 1.56 bits per heavy atom. The summed E-state index contributed by atoms with van der Waals surface area (Å²) in [5.41, 5.74) is -1.28. The number of ketones is 1. The van der Waals surface area contributed by atoms with E-state index in [1.807, 2.05) is 18.2 Å². The molecule has 0 aliphatic heterocycles. The highest BCUT2D eigenvalue weighted by Gasteiger charge is 2.48. The number of halogens is 1. The van der Waals surface area contributed by atoms with Crippen molar-refractivity contribution >= 4 is 5.78 Å². The molecule has 0 saturated heterocycles. The second kappa shape index (κ2) is 7.22. The number of alkyl halides is 1. The van der Waals surface area contributed by atoms with E-state index >= 15 is 4.39 Å². The van der Waals surface area contributed by atoms with Crippen molar-refractivity contribution in [3.63, 3.8) is 0 Å². The molecule has 25 heavy (non-hydrogen) atoms. The second-order valence-electron chi connectivity index (χ2n) is 5.75. The summed E-state index contributed by atoms with van der Waals surface area (Å²) in [7, 11) is 0. The van der Waals surface area contributed by atoms with Crippen LogP contribution < -0.4 is 0 Å². The van der Waals surface area contributed by atoms with E-state index in [0.717, 1.165) is 0 Å². The van der Waals surface area contributed by atoms with Gasteiger partial charge in [0.1, 0.15) is 0 Å². The van der Waals surface area contributed by atoms with E-state index in [-0.39, 0.29) is 5.69 Å². The van der Waals surface area contributed by atoms with Crippen LogP contribution in [0.4, 0.5) is 4.39 Å². The topological polar surface area (TPSA) is 30.0 Å². The lowest BCUT2D eigenvalue weighted by molar-refractivity contribution is 0.0625. The van der Waals surface area contributed by atoms with Crippen LogP contribution in [0.5, 0.6) is 0 Å². The number of aromatic nitrogens is 1. The van der Waals surface area contributed by atoms with E-state index in [1.165, 1.54) is 12.3 Å². The van der Waals surface area contributed by atoms with Gasteiger partial charge in [0.05, 0.1) is 5.69 Å². The molecule has 1 heterocycles. The molecule has 0 bridgehead atoms. The second-order valence-corrected chi connectivity index (χ2v) is 5.75. The summed E-state index contributed by atoms with van der Waals surface area (Å²) >= 11 is 0. The van der Waals surface area contributed by atoms with E-state index in [9.17, 15) is 4.79 Å². The Morgan fingerprint density at radius 3 is 2.12 bits per heavy atom. The van der Waals surface area contributed by atoms with Gasteiger partial charge in [-0.3, -0.25) is 9.78 Å². The minimum absolute atomic E-state index is 0.0811. The fraction of sp³-hybridized carbons (Fsp3) is 0.0909. The number of pyridine rings is 1. The van der Waals surface area contributed by atoms with E-state index in [1.54, 1.807) is 60.7 Å². The van der Waals surface area contributed by atoms with E-state index < -0.39 is 17.4 Å². The normalized spacial score (nSPS) is 14.3. The maximum absolute atomic E-state index is 16.5. The van der Waals surface area contributed by atoms with Crippen LogP contribution in [-0.2, 0) is 5.67 Å². The number of nitrogens with zero attached hydrogens (tertiary/aromatic N) is 1. The number of rotatable bonds is 6. The summed E-state index contributed by atoms with van der Waals surface area (Å²) in [6, 6.07) is 22.5. The first-order chi connectivity index (χ1) is 12.2. The molecule has 0 N–H and O–H groups in total. The van der Waals surface area contributed by atoms with Gasteiger partial charge in [0.2, 0.25) is 11.5 Å². The van der Waals surface area contributed by atoms with Gasteiger partial charge >= 0.3 is 0 Å². The molecule has 124 valence electrons. The molecule has 2 atom stereocenters. The molecule has 0 fully saturated rings. The highest BCUT2D eigenvalue weighted by Crippen LogP contribution is 2.43. The van der Waals surface area contributed by atoms with E-state index in [0.29, 0.717) is 11.1 Å². The standard InChI is InChI=1S/C22H18FNO/c1-2-19(17-11-5-3-6-12-17)22(23,20-15-9-10-16-24-20)21(25)18-13-7-4-8-14-18/h2-16,19H,1H2/t19-,22+/m0/s1. The number of Topliss-reactive ketones (excluding diaryl/α,β-unsaturated/α-hetero) is 1. The van der Waals surface area contributed by atoms with Crippen LogP contribution in [-0.4, -0.2) is 10.8 Å². The van der Waals surface area contributed by atoms with Crippen molar-refractivity contribution in [3.05, 3.63) is 115 Å². The molecule has 0 amide bonds. The quantitative estimate of drug-likeness (QED) is 0.465. The van der Waals surface area contributed by atoms with Crippen molar-refractivity contribution in [1.29, 1.82) is 0 Å². The van der Waals surface area contributed by atoms with Gasteiger partial charge in [-0.05, 0) is 17.7 Å². The molecular formula is C22H18FNO. The summed E-state index contributed by atoms with van der Waals surface area (Å²) in [6.07, 6.45) is 2.97. The minimum Gasteiger partial charge on any atom is -0.290 e. The fourth-order valence-corrected chi connectivity index (χ4v) is 2.98. The third-order valence-corrected chi connectivity index (χ3v) is 4.23. The van der Waals surface area contributed by atoms with E-state index in [4.69, 9.17) is 0 Å². The van der Waals surface area contributed by atoms with E-state index in [2.05, 4.69) is 11.6 Å². The predicted molar refractivity (Wildman–Crippen MR) is 97.2 cm³/mol. The molecule has 3 aromatic rings. The first-order valence-electron chi connectivity index (χ1n) is 8.05. The van der Waals surface area contributed by atoms with Crippen molar-refractivity contribution in [1.82, 2.24) is 4.98 Å². The minimum atomic E-state index is -2.34. The molecule has 0 unspecified atom stereocenters. The van der Waals surface area contributed by atoms with Crippen molar-refractivity contribution in [3.8, 4) is 0 Å². The summed E-state index contributed by atoms with van der Waals surface area (Å²) in [5, 5.41) is 0. The van der Waals surface area contributed by atoms with Gasteiger partial charge in [0.25, 0.3) is 0 Å². The number of hydrogen-bond donors (Lipinski definition) is 0. The zero-order valence-corrected chi connectivity index (χ0v) is 13.7. The zero-order valence-electron chi connectivity index (χ0n) is 13.7. The number of carbonyl (C=O) groups is 1. The molecule has 2 nitrogen and oxygen atoms in total. The first-order valence-corrected chi connectivity index (χ1v) is 8.05. The third-order valence-electron chi connectivity index (χ3n) is 4.23. The molecule has 0 saturated carbocycles. The van der Waals surface area contributed by atoms with Gasteiger partial charge in [-0.15, -0.1) is 6.58 Å². The van der Waals surface area contributed by atoms with Gasteiger partial charge in [0.15, 0.2) is 0 Å². The molecule has 3 heteroatoms. The number of benzene rings is 2. The Hall–Kier alpha value is -3.07. The van der Waals surface area contributed by atoms with Gasteiger partial charge in [-0.2, -0.15) is 0 Å². The van der Waals surface area contributed by atoms with Gasteiger partial charge in [-0.25, -0.2) is 4.39 Å².